The Labute approximate surface area is 166 Å². The summed E-state index contributed by atoms with van der Waals surface area (Å²) in [5.41, 5.74) is 7.77. The Bertz CT molecular complexity index is 844. The lowest BCUT2D eigenvalue weighted by Crippen LogP contribution is -2.43. The van der Waals surface area contributed by atoms with Gasteiger partial charge in [-0.15, -0.1) is 0 Å². The van der Waals surface area contributed by atoms with Gasteiger partial charge in [-0.2, -0.15) is 0 Å². The number of amides is 1. The molecule has 6 heteroatoms. The third-order valence-electron chi connectivity index (χ3n) is 5.15. The molecule has 1 amide bonds. The fourth-order valence-electron chi connectivity index (χ4n) is 2.68. The average molecular weight is 384 g/mol. The van der Waals surface area contributed by atoms with E-state index >= 15 is 0 Å². The van der Waals surface area contributed by atoms with E-state index < -0.39 is 5.41 Å². The van der Waals surface area contributed by atoms with E-state index in [9.17, 15) is 9.59 Å². The summed E-state index contributed by atoms with van der Waals surface area (Å²) in [5.74, 6) is 0.878. The van der Waals surface area contributed by atoms with Crippen molar-refractivity contribution in [2.75, 3.05) is 19.5 Å². The SMILES string of the molecule is COc1ccc(C(=O)Nc2ccc(CC(N)C(C)(C)C(C)=O)cc2)cc1OC. The molecule has 2 rings (SSSR count). The van der Waals surface area contributed by atoms with Gasteiger partial charge in [-0.1, -0.05) is 26.0 Å². The van der Waals surface area contributed by atoms with Gasteiger partial charge in [-0.3, -0.25) is 9.59 Å². The van der Waals surface area contributed by atoms with E-state index in [0.717, 1.165) is 5.56 Å². The van der Waals surface area contributed by atoms with Gasteiger partial charge in [0.15, 0.2) is 11.5 Å². The van der Waals surface area contributed by atoms with Crippen molar-refractivity contribution in [1.82, 2.24) is 0 Å². The first kappa shape index (κ1) is 21.4. The highest BCUT2D eigenvalue weighted by Gasteiger charge is 2.31. The minimum atomic E-state index is -0.583. The van der Waals surface area contributed by atoms with Crippen LogP contribution in [0.15, 0.2) is 42.5 Å². The highest BCUT2D eigenvalue weighted by molar-refractivity contribution is 6.04. The standard InChI is InChI=1S/C22H28N2O4/c1-14(25)22(2,3)20(23)12-15-6-9-17(10-7-15)24-21(26)16-8-11-18(27-4)19(13-16)28-5/h6-11,13,20H,12,23H2,1-5H3,(H,24,26). The molecule has 0 spiro atoms. The molecule has 0 heterocycles. The number of hydrogen-bond donors (Lipinski definition) is 2. The van der Waals surface area contributed by atoms with Crippen molar-refractivity contribution in [2.45, 2.75) is 33.2 Å². The number of methoxy groups -OCH3 is 2. The van der Waals surface area contributed by atoms with E-state index in [4.69, 9.17) is 15.2 Å². The zero-order valence-corrected chi connectivity index (χ0v) is 17.0. The molecule has 150 valence electrons. The van der Waals surface area contributed by atoms with Gasteiger partial charge < -0.3 is 20.5 Å². The zero-order valence-electron chi connectivity index (χ0n) is 17.0. The quantitative estimate of drug-likeness (QED) is 0.727. The van der Waals surface area contributed by atoms with Crippen LogP contribution in [-0.2, 0) is 11.2 Å². The lowest BCUT2D eigenvalue weighted by Gasteiger charge is -2.29. The van der Waals surface area contributed by atoms with E-state index in [1.165, 1.54) is 7.11 Å². The number of ether oxygens (including phenoxy) is 2. The average Bonchev–Trinajstić information content (AvgIpc) is 2.68. The summed E-state index contributed by atoms with van der Waals surface area (Å²) < 4.78 is 10.4. The first-order chi connectivity index (χ1) is 13.2. The summed E-state index contributed by atoms with van der Waals surface area (Å²) in [6, 6.07) is 12.2. The molecule has 0 saturated carbocycles. The molecule has 0 saturated heterocycles. The minimum absolute atomic E-state index is 0.0683. The van der Waals surface area contributed by atoms with E-state index in [1.54, 1.807) is 32.2 Å². The van der Waals surface area contributed by atoms with Crippen LogP contribution in [0.25, 0.3) is 0 Å². The van der Waals surface area contributed by atoms with E-state index in [0.29, 0.717) is 29.2 Å². The highest BCUT2D eigenvalue weighted by atomic mass is 16.5. The predicted molar refractivity (Wildman–Crippen MR) is 110 cm³/mol. The molecule has 0 fully saturated rings. The van der Waals surface area contributed by atoms with Crippen LogP contribution >= 0.6 is 0 Å². The number of nitrogens with two attached hydrogens (primary N) is 1. The molecule has 1 atom stereocenters. The van der Waals surface area contributed by atoms with Crippen LogP contribution in [0.1, 0.15) is 36.7 Å². The normalized spacial score (nSPS) is 12.2. The smallest absolute Gasteiger partial charge is 0.255 e. The van der Waals surface area contributed by atoms with Crippen LogP contribution in [0.5, 0.6) is 11.5 Å². The summed E-state index contributed by atoms with van der Waals surface area (Å²) in [7, 11) is 3.07. The number of Topliss-reactive ketones (excluding diaryl/α,β-unsaturated/α-hetero) is 1. The second-order valence-electron chi connectivity index (χ2n) is 7.31. The lowest BCUT2D eigenvalue weighted by molar-refractivity contribution is -0.125. The molecule has 2 aromatic carbocycles. The summed E-state index contributed by atoms with van der Waals surface area (Å²) in [6.07, 6.45) is 0.580. The number of benzene rings is 2. The Morgan fingerprint density at radius 2 is 1.64 bits per heavy atom. The molecule has 0 aliphatic carbocycles. The maximum atomic E-state index is 12.5. The fraction of sp³-hybridized carbons (Fsp3) is 0.364. The molecule has 0 bridgehead atoms. The molecule has 28 heavy (non-hydrogen) atoms. The highest BCUT2D eigenvalue weighted by Crippen LogP contribution is 2.28. The number of hydrogen-bond acceptors (Lipinski definition) is 5. The van der Waals surface area contributed by atoms with Crippen molar-refractivity contribution >= 4 is 17.4 Å². The second-order valence-corrected chi connectivity index (χ2v) is 7.31. The van der Waals surface area contributed by atoms with Gasteiger partial charge in [0.1, 0.15) is 5.78 Å². The van der Waals surface area contributed by atoms with Gasteiger partial charge in [0.25, 0.3) is 5.91 Å². The maximum Gasteiger partial charge on any atom is 0.255 e. The van der Waals surface area contributed by atoms with Crippen LogP contribution < -0.4 is 20.5 Å². The number of carbonyl (C=O) groups excluding carboxylic acids is 2. The van der Waals surface area contributed by atoms with Crippen LogP contribution in [-0.4, -0.2) is 32.0 Å². The predicted octanol–water partition coefficient (Wildman–Crippen LogP) is 3.44. The largest absolute Gasteiger partial charge is 0.493 e. The van der Waals surface area contributed by atoms with E-state index in [-0.39, 0.29) is 17.7 Å². The number of ketones is 1. The Hall–Kier alpha value is -2.86. The second kappa shape index (κ2) is 8.89. The number of anilines is 1. The van der Waals surface area contributed by atoms with Gasteiger partial charge in [0.2, 0.25) is 0 Å². The van der Waals surface area contributed by atoms with Crippen molar-refractivity contribution in [1.29, 1.82) is 0 Å². The summed E-state index contributed by atoms with van der Waals surface area (Å²) >= 11 is 0. The molecule has 6 nitrogen and oxygen atoms in total. The topological polar surface area (TPSA) is 90.6 Å². The van der Waals surface area contributed by atoms with Gasteiger partial charge in [-0.25, -0.2) is 0 Å². The zero-order chi connectivity index (χ0) is 20.9. The van der Waals surface area contributed by atoms with Crippen LogP contribution in [0, 0.1) is 5.41 Å². The molecule has 0 radical (unpaired) electrons. The maximum absolute atomic E-state index is 12.5. The number of rotatable bonds is 8. The van der Waals surface area contributed by atoms with Crippen LogP contribution in [0.4, 0.5) is 5.69 Å². The van der Waals surface area contributed by atoms with Gasteiger partial charge in [0, 0.05) is 22.7 Å². The summed E-state index contributed by atoms with van der Waals surface area (Å²) in [6.45, 7) is 5.28. The Morgan fingerprint density at radius 3 is 2.18 bits per heavy atom. The Kier molecular flexibility index (Phi) is 6.80. The Balaban J connectivity index is 2.06. The van der Waals surface area contributed by atoms with Gasteiger partial charge >= 0.3 is 0 Å². The van der Waals surface area contributed by atoms with Crippen molar-refractivity contribution in [3.8, 4) is 11.5 Å². The first-order valence-corrected chi connectivity index (χ1v) is 9.08. The monoisotopic (exact) mass is 384 g/mol. The summed E-state index contributed by atoms with van der Waals surface area (Å²) in [5, 5.41) is 2.86. The van der Waals surface area contributed by atoms with E-state index in [1.807, 2.05) is 38.1 Å². The Morgan fingerprint density at radius 1 is 1.04 bits per heavy atom. The molecule has 0 aliphatic heterocycles. The molecule has 0 aromatic heterocycles. The van der Waals surface area contributed by atoms with Gasteiger partial charge in [-0.05, 0) is 49.2 Å². The molecule has 1 unspecified atom stereocenters. The van der Waals surface area contributed by atoms with Crippen molar-refractivity contribution in [3.05, 3.63) is 53.6 Å². The molecular formula is C22H28N2O4. The third-order valence-corrected chi connectivity index (χ3v) is 5.15. The van der Waals surface area contributed by atoms with E-state index in [2.05, 4.69) is 5.32 Å². The lowest BCUT2D eigenvalue weighted by atomic mass is 9.78. The van der Waals surface area contributed by atoms with Crippen molar-refractivity contribution in [2.24, 2.45) is 11.1 Å². The third kappa shape index (κ3) is 4.89. The van der Waals surface area contributed by atoms with Crippen molar-refractivity contribution in [3.63, 3.8) is 0 Å². The van der Waals surface area contributed by atoms with Crippen LogP contribution in [0.3, 0.4) is 0 Å². The fourth-order valence-corrected chi connectivity index (χ4v) is 2.68. The van der Waals surface area contributed by atoms with Crippen molar-refractivity contribution < 1.29 is 19.1 Å². The molecule has 2 aromatic rings. The van der Waals surface area contributed by atoms with Crippen LogP contribution in [0.2, 0.25) is 0 Å². The number of carbonyl (C=O) groups is 2. The summed E-state index contributed by atoms with van der Waals surface area (Å²) in [4.78, 5) is 24.2. The molecule has 0 aliphatic rings. The van der Waals surface area contributed by atoms with Gasteiger partial charge in [0.05, 0.1) is 14.2 Å². The molecular weight excluding hydrogens is 356 g/mol. The molecule has 3 N–H and O–H groups in total. The minimum Gasteiger partial charge on any atom is -0.493 e. The first-order valence-electron chi connectivity index (χ1n) is 9.08. The number of nitrogens with one attached hydrogen (secondary N) is 1.